The maximum Gasteiger partial charge on any atom is 0.255 e. The summed E-state index contributed by atoms with van der Waals surface area (Å²) in [6.45, 7) is 9.90. The Labute approximate surface area is 109 Å². The lowest BCUT2D eigenvalue weighted by molar-refractivity contribution is 0.0745. The van der Waals surface area contributed by atoms with Crippen molar-refractivity contribution in [1.29, 1.82) is 0 Å². The Hall–Kier alpha value is -1.58. The maximum atomic E-state index is 12.2. The normalized spacial score (nSPS) is 11.2. The zero-order valence-electron chi connectivity index (χ0n) is 11.9. The van der Waals surface area contributed by atoms with Gasteiger partial charge in [-0.1, -0.05) is 20.8 Å². The zero-order chi connectivity index (χ0) is 13.8. The van der Waals surface area contributed by atoms with Gasteiger partial charge in [0.05, 0.1) is 5.56 Å². The highest BCUT2D eigenvalue weighted by Gasteiger charge is 2.18. The van der Waals surface area contributed by atoms with Crippen LogP contribution < -0.4 is 5.32 Å². The molecule has 100 valence electrons. The number of hydrogen-bond acceptors (Lipinski definition) is 3. The summed E-state index contributed by atoms with van der Waals surface area (Å²) in [5.74, 6) is 0.813. The van der Waals surface area contributed by atoms with E-state index in [0.717, 1.165) is 18.9 Å². The highest BCUT2D eigenvalue weighted by Crippen LogP contribution is 2.16. The molecule has 0 atom stereocenters. The Bertz CT molecular complexity index is 392. The Balaban J connectivity index is 2.72. The van der Waals surface area contributed by atoms with Crippen molar-refractivity contribution >= 4 is 11.7 Å². The number of amides is 1. The van der Waals surface area contributed by atoms with Crippen LogP contribution in [0.15, 0.2) is 18.3 Å². The maximum absolute atomic E-state index is 12.2. The smallest absolute Gasteiger partial charge is 0.255 e. The average Bonchev–Trinajstić information content (AvgIpc) is 2.27. The van der Waals surface area contributed by atoms with Crippen molar-refractivity contribution < 1.29 is 4.79 Å². The predicted octanol–water partition coefficient (Wildman–Crippen LogP) is 2.63. The fourth-order valence-electron chi connectivity index (χ4n) is 1.81. The van der Waals surface area contributed by atoms with Crippen LogP contribution in [-0.2, 0) is 0 Å². The third kappa shape index (κ3) is 4.35. The van der Waals surface area contributed by atoms with E-state index in [-0.39, 0.29) is 11.3 Å². The number of aromatic nitrogens is 1. The quantitative estimate of drug-likeness (QED) is 0.892. The Morgan fingerprint density at radius 1 is 1.39 bits per heavy atom. The second-order valence-corrected chi connectivity index (χ2v) is 5.68. The number of pyridine rings is 1. The molecule has 0 aromatic carbocycles. The van der Waals surface area contributed by atoms with Gasteiger partial charge < -0.3 is 10.2 Å². The topological polar surface area (TPSA) is 45.2 Å². The van der Waals surface area contributed by atoms with Crippen molar-refractivity contribution in [2.45, 2.75) is 27.7 Å². The number of hydrogen-bond donors (Lipinski definition) is 1. The van der Waals surface area contributed by atoms with Crippen molar-refractivity contribution in [2.75, 3.05) is 25.5 Å². The molecule has 4 nitrogen and oxygen atoms in total. The van der Waals surface area contributed by atoms with Crippen LogP contribution in [0.25, 0.3) is 0 Å². The van der Waals surface area contributed by atoms with Gasteiger partial charge in [-0.25, -0.2) is 4.98 Å². The average molecular weight is 249 g/mol. The fraction of sp³-hybridized carbons (Fsp3) is 0.571. The molecule has 0 spiro atoms. The van der Waals surface area contributed by atoms with Crippen molar-refractivity contribution in [3.63, 3.8) is 0 Å². The molecule has 0 aliphatic rings. The van der Waals surface area contributed by atoms with Crippen LogP contribution in [-0.4, -0.2) is 35.9 Å². The SMILES string of the molecule is CCNc1ccc(C(=O)N(C)CC(C)(C)C)cn1. The summed E-state index contributed by atoms with van der Waals surface area (Å²) in [5.41, 5.74) is 0.727. The molecule has 0 saturated carbocycles. The molecule has 0 aliphatic carbocycles. The largest absolute Gasteiger partial charge is 0.370 e. The van der Waals surface area contributed by atoms with E-state index in [9.17, 15) is 4.79 Å². The molecule has 0 bridgehead atoms. The van der Waals surface area contributed by atoms with Gasteiger partial charge in [-0.3, -0.25) is 4.79 Å². The Morgan fingerprint density at radius 3 is 2.50 bits per heavy atom. The number of anilines is 1. The van der Waals surface area contributed by atoms with E-state index in [1.165, 1.54) is 0 Å². The van der Waals surface area contributed by atoms with Crippen LogP contribution in [0.1, 0.15) is 38.1 Å². The molecule has 0 aliphatic heterocycles. The minimum atomic E-state index is 0.0143. The molecule has 1 N–H and O–H groups in total. The van der Waals surface area contributed by atoms with Gasteiger partial charge in [-0.15, -0.1) is 0 Å². The minimum Gasteiger partial charge on any atom is -0.370 e. The van der Waals surface area contributed by atoms with Crippen LogP contribution >= 0.6 is 0 Å². The van der Waals surface area contributed by atoms with Gasteiger partial charge in [0.15, 0.2) is 0 Å². The summed E-state index contributed by atoms with van der Waals surface area (Å²) < 4.78 is 0. The molecule has 0 unspecified atom stereocenters. The van der Waals surface area contributed by atoms with E-state index in [4.69, 9.17) is 0 Å². The summed E-state index contributed by atoms with van der Waals surface area (Å²) >= 11 is 0. The number of carbonyl (C=O) groups excluding carboxylic acids is 1. The molecule has 0 fully saturated rings. The lowest BCUT2D eigenvalue weighted by atomic mass is 9.96. The first-order valence-electron chi connectivity index (χ1n) is 6.29. The first kappa shape index (κ1) is 14.5. The van der Waals surface area contributed by atoms with Gasteiger partial charge >= 0.3 is 0 Å². The predicted molar refractivity (Wildman–Crippen MR) is 74.8 cm³/mol. The number of rotatable bonds is 4. The van der Waals surface area contributed by atoms with E-state index < -0.39 is 0 Å². The fourth-order valence-corrected chi connectivity index (χ4v) is 1.81. The Morgan fingerprint density at radius 2 is 2.06 bits per heavy atom. The van der Waals surface area contributed by atoms with Crippen LogP contribution in [0.3, 0.4) is 0 Å². The second-order valence-electron chi connectivity index (χ2n) is 5.68. The van der Waals surface area contributed by atoms with Crippen LogP contribution in [0.5, 0.6) is 0 Å². The van der Waals surface area contributed by atoms with E-state index in [0.29, 0.717) is 5.56 Å². The third-order valence-corrected chi connectivity index (χ3v) is 2.43. The number of carbonyl (C=O) groups is 1. The van der Waals surface area contributed by atoms with Crippen molar-refractivity contribution in [3.8, 4) is 0 Å². The summed E-state index contributed by atoms with van der Waals surface area (Å²) in [7, 11) is 1.83. The van der Waals surface area contributed by atoms with Gasteiger partial charge in [-0.05, 0) is 24.5 Å². The van der Waals surface area contributed by atoms with Gasteiger partial charge in [-0.2, -0.15) is 0 Å². The molecule has 1 heterocycles. The van der Waals surface area contributed by atoms with Crippen LogP contribution in [0.2, 0.25) is 0 Å². The van der Waals surface area contributed by atoms with Gasteiger partial charge in [0.1, 0.15) is 5.82 Å². The summed E-state index contributed by atoms with van der Waals surface area (Å²) in [5, 5.41) is 3.11. The number of nitrogens with zero attached hydrogens (tertiary/aromatic N) is 2. The van der Waals surface area contributed by atoms with Gasteiger partial charge in [0.25, 0.3) is 5.91 Å². The summed E-state index contributed by atoms with van der Waals surface area (Å²) in [6.07, 6.45) is 1.62. The lowest BCUT2D eigenvalue weighted by Crippen LogP contribution is -2.34. The molecule has 1 amide bonds. The van der Waals surface area contributed by atoms with Crippen molar-refractivity contribution in [1.82, 2.24) is 9.88 Å². The molecule has 1 aromatic rings. The molecule has 4 heteroatoms. The van der Waals surface area contributed by atoms with E-state index in [1.807, 2.05) is 26.1 Å². The van der Waals surface area contributed by atoms with E-state index >= 15 is 0 Å². The van der Waals surface area contributed by atoms with Crippen molar-refractivity contribution in [3.05, 3.63) is 23.9 Å². The van der Waals surface area contributed by atoms with Crippen molar-refractivity contribution in [2.24, 2.45) is 5.41 Å². The molecular formula is C14H23N3O. The molecule has 0 radical (unpaired) electrons. The second kappa shape index (κ2) is 5.85. The van der Waals surface area contributed by atoms with Gasteiger partial charge in [0, 0.05) is 26.3 Å². The molecule has 1 rings (SSSR count). The molecule has 1 aromatic heterocycles. The molecule has 18 heavy (non-hydrogen) atoms. The van der Waals surface area contributed by atoms with E-state index in [2.05, 4.69) is 31.1 Å². The van der Waals surface area contributed by atoms with Crippen LogP contribution in [0.4, 0.5) is 5.82 Å². The minimum absolute atomic E-state index is 0.0143. The van der Waals surface area contributed by atoms with Gasteiger partial charge in [0.2, 0.25) is 0 Å². The molecular weight excluding hydrogens is 226 g/mol. The standard InChI is InChI=1S/C14H23N3O/c1-6-15-12-8-7-11(9-16-12)13(18)17(5)10-14(2,3)4/h7-9H,6,10H2,1-5H3,(H,15,16). The van der Waals surface area contributed by atoms with E-state index in [1.54, 1.807) is 11.1 Å². The molecule has 0 saturated heterocycles. The number of nitrogens with one attached hydrogen (secondary N) is 1. The van der Waals surface area contributed by atoms with Crippen LogP contribution in [0, 0.1) is 5.41 Å². The first-order chi connectivity index (χ1) is 8.33. The summed E-state index contributed by atoms with van der Waals surface area (Å²) in [6, 6.07) is 3.65. The summed E-state index contributed by atoms with van der Waals surface area (Å²) in [4.78, 5) is 18.1. The third-order valence-electron chi connectivity index (χ3n) is 2.43. The highest BCUT2D eigenvalue weighted by molar-refractivity contribution is 5.93. The monoisotopic (exact) mass is 249 g/mol. The highest BCUT2D eigenvalue weighted by atomic mass is 16.2. The zero-order valence-corrected chi connectivity index (χ0v) is 11.9. The Kier molecular flexibility index (Phi) is 4.70. The first-order valence-corrected chi connectivity index (χ1v) is 6.29. The lowest BCUT2D eigenvalue weighted by Gasteiger charge is -2.26.